The highest BCUT2D eigenvalue weighted by atomic mass is 16.3. The van der Waals surface area contributed by atoms with Crippen LogP contribution in [-0.4, -0.2) is 59.0 Å². The van der Waals surface area contributed by atoms with E-state index in [4.69, 9.17) is 11.1 Å². The number of carbonyl (C=O) groups is 1. The van der Waals surface area contributed by atoms with Gasteiger partial charge >= 0.3 is 0 Å². The van der Waals surface area contributed by atoms with Gasteiger partial charge in [-0.2, -0.15) is 0 Å². The molecule has 1 heterocycles. The number of nitrogens with zero attached hydrogens (tertiary/aromatic N) is 2. The van der Waals surface area contributed by atoms with Crippen LogP contribution >= 0.6 is 0 Å². The summed E-state index contributed by atoms with van der Waals surface area (Å²) < 4.78 is 2.07. The molecule has 0 radical (unpaired) electrons. The van der Waals surface area contributed by atoms with Gasteiger partial charge in [0.05, 0.1) is 6.61 Å². The number of aliphatic hydroxyl groups excluding tert-OH is 1. The van der Waals surface area contributed by atoms with Gasteiger partial charge in [0.25, 0.3) is 5.91 Å². The predicted octanol–water partition coefficient (Wildman–Crippen LogP) is 4.12. The molecule has 0 bridgehead atoms. The molecule has 1 saturated carbocycles. The Kier molecular flexibility index (Phi) is 8.71. The number of rotatable bonds is 7. The van der Waals surface area contributed by atoms with Crippen molar-refractivity contribution in [1.82, 2.24) is 9.47 Å². The quantitative estimate of drug-likeness (QED) is 0.286. The molecule has 0 atom stereocenters. The van der Waals surface area contributed by atoms with Crippen LogP contribution in [0, 0.1) is 5.41 Å². The van der Waals surface area contributed by atoms with E-state index in [2.05, 4.69) is 40.6 Å². The number of amides is 1. The molecule has 37 heavy (non-hydrogen) atoms. The fourth-order valence-corrected chi connectivity index (χ4v) is 5.43. The van der Waals surface area contributed by atoms with Gasteiger partial charge in [-0.25, -0.2) is 0 Å². The second-order valence-corrected chi connectivity index (χ2v) is 9.51. The zero-order chi connectivity index (χ0) is 26.4. The van der Waals surface area contributed by atoms with Gasteiger partial charge in [-0.1, -0.05) is 54.6 Å². The second-order valence-electron chi connectivity index (χ2n) is 9.51. The molecule has 6 N–H and O–H groups in total. The van der Waals surface area contributed by atoms with Crippen molar-refractivity contribution >= 4 is 33.8 Å². The Labute approximate surface area is 218 Å². The summed E-state index contributed by atoms with van der Waals surface area (Å²) >= 11 is 0. The lowest BCUT2D eigenvalue weighted by Crippen LogP contribution is -2.46. The van der Waals surface area contributed by atoms with Crippen molar-refractivity contribution in [2.24, 2.45) is 11.5 Å². The maximum absolute atomic E-state index is 14.0. The molecule has 1 amide bonds. The minimum atomic E-state index is -0.0736. The molecular weight excluding hydrogens is 462 g/mol. The topological polar surface area (TPSA) is 121 Å². The average Bonchev–Trinajstić information content (AvgIpc) is 3.30. The SMILES string of the molecule is CN.N=Cc1ccc2cc(C(=O)N(CCO)C3CCC(N)CC3)n(Cc3cccc4ccccc34)c2c1. The minimum absolute atomic E-state index is 0.0626. The lowest BCUT2D eigenvalue weighted by atomic mass is 9.90. The number of aliphatic hydroxyl groups is 1. The van der Waals surface area contributed by atoms with Gasteiger partial charge in [0, 0.05) is 42.3 Å². The fraction of sp³-hybridized carbons (Fsp3) is 0.333. The lowest BCUT2D eigenvalue weighted by molar-refractivity contribution is 0.0567. The number of carbonyl (C=O) groups excluding carboxylic acids is 1. The van der Waals surface area contributed by atoms with E-state index in [-0.39, 0.29) is 24.6 Å². The number of hydrogen-bond donors (Lipinski definition) is 4. The summed E-state index contributed by atoms with van der Waals surface area (Å²) in [7, 11) is 1.50. The Balaban J connectivity index is 0.00000156. The van der Waals surface area contributed by atoms with Gasteiger partial charge in [0.15, 0.2) is 0 Å². The number of fused-ring (bicyclic) bond motifs is 2. The first-order chi connectivity index (χ1) is 18.1. The van der Waals surface area contributed by atoms with Crippen LogP contribution in [0.25, 0.3) is 21.7 Å². The first-order valence-electron chi connectivity index (χ1n) is 12.9. The maximum atomic E-state index is 14.0. The number of benzene rings is 3. The van der Waals surface area contributed by atoms with Crippen LogP contribution in [0.2, 0.25) is 0 Å². The summed E-state index contributed by atoms with van der Waals surface area (Å²) in [6.45, 7) is 0.770. The van der Waals surface area contributed by atoms with E-state index in [1.165, 1.54) is 13.3 Å². The van der Waals surface area contributed by atoms with Crippen LogP contribution in [0.3, 0.4) is 0 Å². The molecule has 1 aliphatic carbocycles. The van der Waals surface area contributed by atoms with E-state index < -0.39 is 0 Å². The van der Waals surface area contributed by atoms with Crippen molar-refractivity contribution in [3.05, 3.63) is 83.6 Å². The fourth-order valence-electron chi connectivity index (χ4n) is 5.43. The first-order valence-corrected chi connectivity index (χ1v) is 12.9. The third-order valence-corrected chi connectivity index (χ3v) is 7.31. The van der Waals surface area contributed by atoms with Gasteiger partial charge in [-0.15, -0.1) is 0 Å². The van der Waals surface area contributed by atoms with Gasteiger partial charge in [-0.05, 0) is 66.8 Å². The van der Waals surface area contributed by atoms with E-state index >= 15 is 0 Å². The van der Waals surface area contributed by atoms with E-state index in [9.17, 15) is 9.90 Å². The molecule has 7 heteroatoms. The maximum Gasteiger partial charge on any atom is 0.270 e. The second kappa shape index (κ2) is 12.1. The molecule has 1 aromatic heterocycles. The van der Waals surface area contributed by atoms with Crippen LogP contribution < -0.4 is 11.5 Å². The number of aromatic nitrogens is 1. The molecule has 4 aromatic rings. The molecule has 7 nitrogen and oxygen atoms in total. The van der Waals surface area contributed by atoms with Crippen molar-refractivity contribution in [3.8, 4) is 0 Å². The van der Waals surface area contributed by atoms with Crippen LogP contribution in [0.5, 0.6) is 0 Å². The van der Waals surface area contributed by atoms with Gasteiger partial charge in [0.1, 0.15) is 5.69 Å². The standard InChI is InChI=1S/C29H32N4O2.CH5N/c30-18-20-8-9-22-17-28(29(35)32(14-15-34)25-12-10-24(31)11-13-25)33(27(22)16-20)19-23-6-3-5-21-4-1-2-7-26(21)23;1-2/h1-9,16-18,24-25,30,34H,10-15,19,31H2;2H2,1H3. The van der Waals surface area contributed by atoms with Crippen LogP contribution in [0.15, 0.2) is 66.7 Å². The molecule has 194 valence electrons. The molecule has 3 aromatic carbocycles. The summed E-state index contributed by atoms with van der Waals surface area (Å²) in [4.78, 5) is 15.9. The molecule has 0 saturated heterocycles. The van der Waals surface area contributed by atoms with Crippen molar-refractivity contribution in [1.29, 1.82) is 5.41 Å². The third-order valence-electron chi connectivity index (χ3n) is 7.31. The van der Waals surface area contributed by atoms with Gasteiger partial charge in [-0.3, -0.25) is 4.79 Å². The number of nitrogens with one attached hydrogen (secondary N) is 1. The Bertz CT molecular complexity index is 1370. The van der Waals surface area contributed by atoms with E-state index in [0.29, 0.717) is 18.8 Å². The van der Waals surface area contributed by atoms with Gasteiger partial charge < -0.3 is 31.5 Å². The summed E-state index contributed by atoms with van der Waals surface area (Å²) in [5, 5.41) is 20.8. The molecule has 0 spiro atoms. The molecular formula is C30H37N5O2. The number of hydrogen-bond acceptors (Lipinski definition) is 5. The summed E-state index contributed by atoms with van der Waals surface area (Å²) in [6.07, 6.45) is 4.82. The zero-order valence-corrected chi connectivity index (χ0v) is 21.4. The minimum Gasteiger partial charge on any atom is -0.395 e. The van der Waals surface area contributed by atoms with Gasteiger partial charge in [0.2, 0.25) is 0 Å². The third kappa shape index (κ3) is 5.59. The molecule has 5 rings (SSSR count). The lowest BCUT2D eigenvalue weighted by Gasteiger charge is -2.36. The zero-order valence-electron chi connectivity index (χ0n) is 21.4. The van der Waals surface area contributed by atoms with Crippen molar-refractivity contribution in [2.75, 3.05) is 20.2 Å². The summed E-state index contributed by atoms with van der Waals surface area (Å²) in [5.41, 5.74) is 14.1. The highest BCUT2D eigenvalue weighted by Gasteiger charge is 2.30. The Morgan fingerprint density at radius 1 is 1.03 bits per heavy atom. The van der Waals surface area contributed by atoms with E-state index in [0.717, 1.165) is 58.5 Å². The predicted molar refractivity (Wildman–Crippen MR) is 151 cm³/mol. The Morgan fingerprint density at radius 2 is 1.76 bits per heavy atom. The largest absolute Gasteiger partial charge is 0.395 e. The highest BCUT2D eigenvalue weighted by Crippen LogP contribution is 2.29. The first kappa shape index (κ1) is 26.5. The number of nitrogens with two attached hydrogens (primary N) is 2. The Hall–Kier alpha value is -3.52. The summed E-state index contributed by atoms with van der Waals surface area (Å²) in [5.74, 6) is -0.0626. The molecule has 1 fully saturated rings. The monoisotopic (exact) mass is 499 g/mol. The van der Waals surface area contributed by atoms with Crippen LogP contribution in [0.4, 0.5) is 0 Å². The van der Waals surface area contributed by atoms with E-state index in [1.807, 2.05) is 41.3 Å². The van der Waals surface area contributed by atoms with Crippen molar-refractivity contribution in [2.45, 2.75) is 44.3 Å². The van der Waals surface area contributed by atoms with Crippen molar-refractivity contribution in [3.63, 3.8) is 0 Å². The molecule has 0 aliphatic heterocycles. The average molecular weight is 500 g/mol. The highest BCUT2D eigenvalue weighted by molar-refractivity contribution is 6.00. The van der Waals surface area contributed by atoms with Crippen LogP contribution in [0.1, 0.15) is 47.3 Å². The van der Waals surface area contributed by atoms with Crippen LogP contribution in [-0.2, 0) is 6.54 Å². The summed E-state index contributed by atoms with van der Waals surface area (Å²) in [6, 6.07) is 22.6. The molecule has 1 aliphatic rings. The van der Waals surface area contributed by atoms with E-state index in [1.54, 1.807) is 0 Å². The smallest absolute Gasteiger partial charge is 0.270 e. The van der Waals surface area contributed by atoms with Crippen molar-refractivity contribution < 1.29 is 9.90 Å². The Morgan fingerprint density at radius 3 is 2.49 bits per heavy atom. The normalized spacial score (nSPS) is 17.3. The molecule has 0 unspecified atom stereocenters.